The van der Waals surface area contributed by atoms with Gasteiger partial charge in [0.25, 0.3) is 0 Å². The van der Waals surface area contributed by atoms with Crippen LogP contribution in [0.5, 0.6) is 0 Å². The fourth-order valence-electron chi connectivity index (χ4n) is 2.72. The highest BCUT2D eigenvalue weighted by Crippen LogP contribution is 2.14. The summed E-state index contributed by atoms with van der Waals surface area (Å²) in [6.45, 7) is 15.6. The molecule has 0 aromatic rings. The molecule has 2 atom stereocenters. The summed E-state index contributed by atoms with van der Waals surface area (Å²) in [7, 11) is 0. The van der Waals surface area contributed by atoms with Crippen LogP contribution in [0.4, 0.5) is 0 Å². The first-order valence-corrected chi connectivity index (χ1v) is 7.08. The van der Waals surface area contributed by atoms with Gasteiger partial charge in [0.05, 0.1) is 0 Å². The lowest BCUT2D eigenvalue weighted by molar-refractivity contribution is 0.158. The zero-order valence-corrected chi connectivity index (χ0v) is 11.6. The van der Waals surface area contributed by atoms with E-state index in [1.54, 1.807) is 0 Å². The maximum atomic E-state index is 3.56. The van der Waals surface area contributed by atoms with Crippen LogP contribution in [0, 0.1) is 17.8 Å². The fraction of sp³-hybridized carbons (Fsp3) is 1.00. The molecular weight excluding hydrogens is 196 g/mol. The molecule has 0 aromatic heterocycles. The van der Waals surface area contributed by atoms with Gasteiger partial charge in [-0.2, -0.15) is 0 Å². The molecule has 0 bridgehead atoms. The van der Waals surface area contributed by atoms with E-state index in [2.05, 4.69) is 37.9 Å². The summed E-state index contributed by atoms with van der Waals surface area (Å²) in [5, 5.41) is 3.56. The molecule has 0 aromatic carbocycles. The maximum absolute atomic E-state index is 3.56. The van der Waals surface area contributed by atoms with E-state index in [4.69, 9.17) is 0 Å². The van der Waals surface area contributed by atoms with Crippen molar-refractivity contribution < 1.29 is 0 Å². The van der Waals surface area contributed by atoms with E-state index >= 15 is 0 Å². The predicted octanol–water partition coefficient (Wildman–Crippen LogP) is 2.60. The van der Waals surface area contributed by atoms with Crippen LogP contribution in [-0.4, -0.2) is 37.6 Å². The minimum absolute atomic E-state index is 0.793. The fourth-order valence-corrected chi connectivity index (χ4v) is 2.72. The Bertz CT molecular complexity index is 166. The second kappa shape index (κ2) is 7.29. The maximum Gasteiger partial charge on any atom is 0.00194 e. The van der Waals surface area contributed by atoms with Gasteiger partial charge in [-0.25, -0.2) is 0 Å². The second-order valence-electron chi connectivity index (χ2n) is 5.77. The first kappa shape index (κ1) is 14.0. The second-order valence-corrected chi connectivity index (χ2v) is 5.77. The van der Waals surface area contributed by atoms with Gasteiger partial charge >= 0.3 is 0 Å². The predicted molar refractivity (Wildman–Crippen MR) is 71.7 cm³/mol. The monoisotopic (exact) mass is 226 g/mol. The van der Waals surface area contributed by atoms with Crippen molar-refractivity contribution in [2.75, 3.05) is 32.7 Å². The van der Waals surface area contributed by atoms with Crippen molar-refractivity contribution in [3.8, 4) is 0 Å². The lowest BCUT2D eigenvalue weighted by Gasteiger charge is -2.33. The highest BCUT2D eigenvalue weighted by atomic mass is 15.1. The Morgan fingerprint density at radius 2 is 1.56 bits per heavy atom. The minimum atomic E-state index is 0.793. The first-order valence-electron chi connectivity index (χ1n) is 7.08. The molecule has 1 fully saturated rings. The summed E-state index contributed by atoms with van der Waals surface area (Å²) in [6, 6.07) is 0. The Balaban J connectivity index is 2.46. The van der Waals surface area contributed by atoms with Crippen LogP contribution in [0.25, 0.3) is 0 Å². The molecule has 0 saturated carbocycles. The van der Waals surface area contributed by atoms with Gasteiger partial charge in [0, 0.05) is 19.6 Å². The number of hydrogen-bond donors (Lipinski definition) is 1. The molecule has 2 nitrogen and oxygen atoms in total. The standard InChI is InChI=1S/C14H30N2/c1-5-14(6-2)11-16-9-12(3)7-15-8-13(4)10-16/h12-15H,5-11H2,1-4H3. The Hall–Kier alpha value is -0.0800. The van der Waals surface area contributed by atoms with Gasteiger partial charge in [-0.1, -0.05) is 40.5 Å². The van der Waals surface area contributed by atoms with Crippen LogP contribution in [0.15, 0.2) is 0 Å². The van der Waals surface area contributed by atoms with Crippen LogP contribution in [0.3, 0.4) is 0 Å². The SMILES string of the molecule is CCC(CC)CN1CC(C)CNCC(C)C1. The Kier molecular flexibility index (Phi) is 6.37. The highest BCUT2D eigenvalue weighted by molar-refractivity contribution is 4.74. The van der Waals surface area contributed by atoms with E-state index in [0.717, 1.165) is 17.8 Å². The number of nitrogens with one attached hydrogen (secondary N) is 1. The lowest BCUT2D eigenvalue weighted by atomic mass is 10.00. The van der Waals surface area contributed by atoms with Crippen LogP contribution in [0.1, 0.15) is 40.5 Å². The van der Waals surface area contributed by atoms with E-state index in [9.17, 15) is 0 Å². The average Bonchev–Trinajstić information content (AvgIpc) is 2.23. The Labute approximate surface area is 102 Å². The topological polar surface area (TPSA) is 15.3 Å². The smallest absolute Gasteiger partial charge is 0.00194 e. The van der Waals surface area contributed by atoms with Gasteiger partial charge in [0.15, 0.2) is 0 Å². The van der Waals surface area contributed by atoms with Gasteiger partial charge in [0.1, 0.15) is 0 Å². The largest absolute Gasteiger partial charge is 0.316 e. The molecule has 0 spiro atoms. The molecule has 16 heavy (non-hydrogen) atoms. The van der Waals surface area contributed by atoms with Crippen LogP contribution in [0.2, 0.25) is 0 Å². The van der Waals surface area contributed by atoms with Crippen molar-refractivity contribution in [2.45, 2.75) is 40.5 Å². The van der Waals surface area contributed by atoms with Gasteiger partial charge in [0.2, 0.25) is 0 Å². The van der Waals surface area contributed by atoms with Crippen molar-refractivity contribution >= 4 is 0 Å². The molecule has 0 aliphatic carbocycles. The van der Waals surface area contributed by atoms with Crippen LogP contribution < -0.4 is 5.32 Å². The van der Waals surface area contributed by atoms with Crippen LogP contribution >= 0.6 is 0 Å². The molecule has 2 unspecified atom stereocenters. The average molecular weight is 226 g/mol. The van der Waals surface area contributed by atoms with Gasteiger partial charge < -0.3 is 10.2 Å². The summed E-state index contributed by atoms with van der Waals surface area (Å²) < 4.78 is 0. The zero-order valence-electron chi connectivity index (χ0n) is 11.6. The highest BCUT2D eigenvalue weighted by Gasteiger charge is 2.19. The summed E-state index contributed by atoms with van der Waals surface area (Å²) >= 11 is 0. The quantitative estimate of drug-likeness (QED) is 0.793. The van der Waals surface area contributed by atoms with E-state index in [-0.39, 0.29) is 0 Å². The van der Waals surface area contributed by atoms with Gasteiger partial charge in [-0.05, 0) is 30.8 Å². The third-order valence-corrected chi connectivity index (χ3v) is 3.80. The minimum Gasteiger partial charge on any atom is -0.316 e. The normalized spacial score (nSPS) is 29.1. The Morgan fingerprint density at radius 3 is 2.00 bits per heavy atom. The molecule has 1 heterocycles. The molecule has 0 amide bonds. The van der Waals surface area contributed by atoms with Crippen molar-refractivity contribution in [1.82, 2.24) is 10.2 Å². The number of hydrogen-bond acceptors (Lipinski definition) is 2. The summed E-state index contributed by atoms with van der Waals surface area (Å²) in [5.74, 6) is 2.48. The Morgan fingerprint density at radius 1 is 1.06 bits per heavy atom. The molecule has 2 heteroatoms. The molecule has 96 valence electrons. The molecule has 1 saturated heterocycles. The molecule has 1 rings (SSSR count). The lowest BCUT2D eigenvalue weighted by Crippen LogP contribution is -2.44. The summed E-state index contributed by atoms with van der Waals surface area (Å²) in [4.78, 5) is 2.70. The number of rotatable bonds is 4. The van der Waals surface area contributed by atoms with E-state index in [1.807, 2.05) is 0 Å². The van der Waals surface area contributed by atoms with Crippen LogP contribution in [-0.2, 0) is 0 Å². The molecule has 1 N–H and O–H groups in total. The third kappa shape index (κ3) is 4.84. The first-order chi connectivity index (χ1) is 7.65. The summed E-state index contributed by atoms with van der Waals surface area (Å²) in [5.41, 5.74) is 0. The van der Waals surface area contributed by atoms with Crippen molar-refractivity contribution in [1.29, 1.82) is 0 Å². The summed E-state index contributed by atoms with van der Waals surface area (Å²) in [6.07, 6.45) is 2.65. The molecule has 0 radical (unpaired) electrons. The van der Waals surface area contributed by atoms with Crippen molar-refractivity contribution in [2.24, 2.45) is 17.8 Å². The van der Waals surface area contributed by atoms with Crippen molar-refractivity contribution in [3.63, 3.8) is 0 Å². The third-order valence-electron chi connectivity index (χ3n) is 3.80. The van der Waals surface area contributed by atoms with E-state index in [0.29, 0.717) is 0 Å². The molecule has 1 aliphatic heterocycles. The molecular formula is C14H30N2. The molecule has 1 aliphatic rings. The van der Waals surface area contributed by atoms with Gasteiger partial charge in [-0.3, -0.25) is 0 Å². The van der Waals surface area contributed by atoms with Crippen molar-refractivity contribution in [3.05, 3.63) is 0 Å². The zero-order chi connectivity index (χ0) is 12.0. The number of nitrogens with zero attached hydrogens (tertiary/aromatic N) is 1. The van der Waals surface area contributed by atoms with E-state index in [1.165, 1.54) is 45.6 Å². The van der Waals surface area contributed by atoms with E-state index < -0.39 is 0 Å². The van der Waals surface area contributed by atoms with Gasteiger partial charge in [-0.15, -0.1) is 0 Å².